The molecule has 0 unspecified atom stereocenters. The Labute approximate surface area is 200 Å². The summed E-state index contributed by atoms with van der Waals surface area (Å²) in [6.45, 7) is 2.13. The molecule has 2 aromatic heterocycles. The lowest BCUT2D eigenvalue weighted by Crippen LogP contribution is -2.27. The Morgan fingerprint density at radius 1 is 1.00 bits per heavy atom. The van der Waals surface area contributed by atoms with Gasteiger partial charge in [-0.25, -0.2) is 9.97 Å². The van der Waals surface area contributed by atoms with E-state index in [1.807, 2.05) is 12.1 Å². The van der Waals surface area contributed by atoms with E-state index in [2.05, 4.69) is 27.0 Å². The van der Waals surface area contributed by atoms with E-state index in [0.29, 0.717) is 26.8 Å². The Hall–Kier alpha value is -3.29. The second kappa shape index (κ2) is 8.57. The van der Waals surface area contributed by atoms with Gasteiger partial charge < -0.3 is 15.5 Å². The summed E-state index contributed by atoms with van der Waals surface area (Å²) in [6.07, 6.45) is 2.42. The van der Waals surface area contributed by atoms with Gasteiger partial charge in [-0.1, -0.05) is 29.3 Å². The summed E-state index contributed by atoms with van der Waals surface area (Å²) in [5.74, 6) is 0.621. The number of aromatic nitrogens is 3. The van der Waals surface area contributed by atoms with Crippen LogP contribution < -0.4 is 21.0 Å². The van der Waals surface area contributed by atoms with E-state index in [1.54, 1.807) is 24.3 Å². The normalized spacial score (nSPS) is 13.6. The molecule has 4 aromatic rings. The van der Waals surface area contributed by atoms with Gasteiger partial charge in [-0.3, -0.25) is 4.79 Å². The zero-order valence-corrected chi connectivity index (χ0v) is 19.4. The molecule has 0 saturated carbocycles. The first-order chi connectivity index (χ1) is 16.0. The van der Waals surface area contributed by atoms with E-state index in [0.717, 1.165) is 23.4 Å². The number of nitrogen functional groups attached to an aromatic ring is 1. The van der Waals surface area contributed by atoms with Crippen LogP contribution in [0.15, 0.2) is 53.3 Å². The van der Waals surface area contributed by atoms with Crippen molar-refractivity contribution in [3.8, 4) is 22.5 Å². The van der Waals surface area contributed by atoms with E-state index < -0.39 is 5.56 Å². The largest absolute Gasteiger partial charge is 0.412 e. The van der Waals surface area contributed by atoms with Crippen molar-refractivity contribution in [3.63, 3.8) is 0 Å². The molecule has 0 atom stereocenters. The Morgan fingerprint density at radius 2 is 1.67 bits per heavy atom. The smallest absolute Gasteiger partial charge is 0.293 e. The molecule has 1 saturated heterocycles. The molecule has 1 aliphatic rings. The third kappa shape index (κ3) is 3.77. The first-order valence-corrected chi connectivity index (χ1v) is 11.3. The molecule has 5 rings (SSSR count). The molecule has 1 fully saturated rings. The number of halogens is 2. The van der Waals surface area contributed by atoms with Gasteiger partial charge in [0.1, 0.15) is 12.9 Å². The van der Waals surface area contributed by atoms with Crippen molar-refractivity contribution in [2.75, 3.05) is 30.8 Å². The van der Waals surface area contributed by atoms with Crippen LogP contribution in [0.25, 0.3) is 33.5 Å². The third-order valence-corrected chi connectivity index (χ3v) is 6.49. The monoisotopic (exact) mass is 481 g/mol. The van der Waals surface area contributed by atoms with Crippen LogP contribution in [0.4, 0.5) is 11.5 Å². The number of pyridine rings is 1. The van der Waals surface area contributed by atoms with Crippen molar-refractivity contribution in [3.05, 3.63) is 68.9 Å². The van der Waals surface area contributed by atoms with Gasteiger partial charge in [-0.15, -0.1) is 4.73 Å². The van der Waals surface area contributed by atoms with Gasteiger partial charge in [0.2, 0.25) is 0 Å². The Kier molecular flexibility index (Phi) is 5.60. The maximum atomic E-state index is 13.3. The van der Waals surface area contributed by atoms with Gasteiger partial charge in [0.25, 0.3) is 5.56 Å². The van der Waals surface area contributed by atoms with Crippen molar-refractivity contribution in [1.29, 1.82) is 0 Å². The first-order valence-electron chi connectivity index (χ1n) is 10.6. The molecular formula is C24H21Cl2N5O2. The zero-order valence-electron chi connectivity index (χ0n) is 17.9. The van der Waals surface area contributed by atoms with E-state index >= 15 is 0 Å². The minimum atomic E-state index is -0.451. The van der Waals surface area contributed by atoms with Gasteiger partial charge in [0.15, 0.2) is 11.5 Å². The lowest BCUT2D eigenvalue weighted by molar-refractivity contribution is 0.168. The predicted octanol–water partition coefficient (Wildman–Crippen LogP) is 4.67. The maximum absolute atomic E-state index is 13.3. The van der Waals surface area contributed by atoms with E-state index in [9.17, 15) is 4.79 Å². The van der Waals surface area contributed by atoms with Crippen LogP contribution in [0.2, 0.25) is 10.0 Å². The molecule has 168 valence electrons. The number of hydrogen-bond acceptors (Lipinski definition) is 6. The number of nitrogens with zero attached hydrogens (tertiary/aromatic N) is 4. The fourth-order valence-electron chi connectivity index (χ4n) is 4.21. The van der Waals surface area contributed by atoms with E-state index in [4.69, 9.17) is 33.8 Å². The molecule has 0 bridgehead atoms. The van der Waals surface area contributed by atoms with Crippen LogP contribution in [0.1, 0.15) is 12.8 Å². The SMILES string of the molecule is COn1c(=O)c(-c2c(Cl)cccc2Cl)cc2c(N)nc(-c3ccc(N4CCCC4)cc3)nc21. The molecule has 2 aromatic carbocycles. The molecule has 1 aliphatic heterocycles. The quantitative estimate of drug-likeness (QED) is 0.455. The summed E-state index contributed by atoms with van der Waals surface area (Å²) in [5.41, 5.74) is 8.75. The highest BCUT2D eigenvalue weighted by Gasteiger charge is 2.20. The molecule has 7 nitrogen and oxygen atoms in total. The van der Waals surface area contributed by atoms with Gasteiger partial charge in [-0.2, -0.15) is 0 Å². The van der Waals surface area contributed by atoms with Crippen molar-refractivity contribution in [2.24, 2.45) is 0 Å². The third-order valence-electron chi connectivity index (χ3n) is 5.86. The van der Waals surface area contributed by atoms with Crippen molar-refractivity contribution >= 4 is 45.7 Å². The molecule has 0 aliphatic carbocycles. The average Bonchev–Trinajstić information content (AvgIpc) is 3.35. The van der Waals surface area contributed by atoms with Gasteiger partial charge in [0, 0.05) is 29.9 Å². The Balaban J connectivity index is 1.66. The summed E-state index contributed by atoms with van der Waals surface area (Å²) >= 11 is 12.7. The van der Waals surface area contributed by atoms with Gasteiger partial charge in [0.05, 0.1) is 21.0 Å². The minimum Gasteiger partial charge on any atom is -0.412 e. The highest BCUT2D eigenvalue weighted by Crippen LogP contribution is 2.35. The van der Waals surface area contributed by atoms with Crippen LogP contribution in [0.5, 0.6) is 0 Å². The molecule has 9 heteroatoms. The van der Waals surface area contributed by atoms with Crippen molar-refractivity contribution in [2.45, 2.75) is 12.8 Å². The number of benzene rings is 2. The molecule has 2 N–H and O–H groups in total. The number of hydrogen-bond donors (Lipinski definition) is 1. The lowest BCUT2D eigenvalue weighted by atomic mass is 10.1. The van der Waals surface area contributed by atoms with Crippen LogP contribution in [0, 0.1) is 0 Å². The maximum Gasteiger partial charge on any atom is 0.293 e. The topological polar surface area (TPSA) is 86.3 Å². The summed E-state index contributed by atoms with van der Waals surface area (Å²) in [6, 6.07) is 14.7. The molecule has 0 spiro atoms. The summed E-state index contributed by atoms with van der Waals surface area (Å²) in [5, 5.41) is 1.14. The van der Waals surface area contributed by atoms with E-state index in [1.165, 1.54) is 25.6 Å². The standard InChI is InChI=1S/C24H21Cl2N5O2/c1-33-31-23-17(13-16(24(31)32)20-18(25)5-4-6-19(20)26)21(27)28-22(29-23)14-7-9-15(10-8-14)30-11-2-3-12-30/h4-10,13H,2-3,11-12H2,1H3,(H2,27,28,29). The first kappa shape index (κ1) is 21.6. The zero-order chi connectivity index (χ0) is 23.1. The summed E-state index contributed by atoms with van der Waals surface area (Å²) in [4.78, 5) is 30.1. The van der Waals surface area contributed by atoms with Crippen LogP contribution in [-0.2, 0) is 0 Å². The second-order valence-electron chi connectivity index (χ2n) is 7.85. The number of nitrogens with two attached hydrogens (primary N) is 1. The van der Waals surface area contributed by atoms with Gasteiger partial charge >= 0.3 is 0 Å². The number of rotatable bonds is 4. The average molecular weight is 482 g/mol. The van der Waals surface area contributed by atoms with Crippen LogP contribution >= 0.6 is 23.2 Å². The van der Waals surface area contributed by atoms with Crippen LogP contribution in [0.3, 0.4) is 0 Å². The highest BCUT2D eigenvalue weighted by atomic mass is 35.5. The molecule has 33 heavy (non-hydrogen) atoms. The number of fused-ring (bicyclic) bond motifs is 1. The minimum absolute atomic E-state index is 0.217. The van der Waals surface area contributed by atoms with Gasteiger partial charge in [-0.05, 0) is 55.3 Å². The van der Waals surface area contributed by atoms with Crippen molar-refractivity contribution < 1.29 is 4.84 Å². The summed E-state index contributed by atoms with van der Waals surface area (Å²) < 4.78 is 1.09. The molecule has 0 radical (unpaired) electrons. The summed E-state index contributed by atoms with van der Waals surface area (Å²) in [7, 11) is 1.39. The fourth-order valence-corrected chi connectivity index (χ4v) is 4.81. The Morgan fingerprint density at radius 3 is 2.30 bits per heavy atom. The molecule has 3 heterocycles. The van der Waals surface area contributed by atoms with Crippen LogP contribution in [-0.4, -0.2) is 34.9 Å². The second-order valence-corrected chi connectivity index (χ2v) is 8.66. The van der Waals surface area contributed by atoms with Crippen molar-refractivity contribution in [1.82, 2.24) is 14.7 Å². The number of anilines is 2. The Bertz CT molecular complexity index is 1390. The fraction of sp³-hybridized carbons (Fsp3) is 0.208. The van der Waals surface area contributed by atoms with E-state index in [-0.39, 0.29) is 17.0 Å². The highest BCUT2D eigenvalue weighted by molar-refractivity contribution is 6.39. The predicted molar refractivity (Wildman–Crippen MR) is 133 cm³/mol. The molecular weight excluding hydrogens is 461 g/mol. The molecule has 0 amide bonds. The lowest BCUT2D eigenvalue weighted by Gasteiger charge is -2.18.